The number of nitrogens with zero attached hydrogens (tertiary/aromatic N) is 3. The molecule has 1 atom stereocenters. The van der Waals surface area contributed by atoms with Crippen LogP contribution in [-0.4, -0.2) is 37.8 Å². The van der Waals surface area contributed by atoms with E-state index < -0.39 is 17.7 Å². The van der Waals surface area contributed by atoms with E-state index in [1.807, 2.05) is 40.4 Å². The average Bonchev–Trinajstić information content (AvgIpc) is 3.52. The molecular formula is C24H25N3O3S. The van der Waals surface area contributed by atoms with Crippen molar-refractivity contribution in [3.63, 3.8) is 0 Å². The highest BCUT2D eigenvalue weighted by Crippen LogP contribution is 2.39. The number of ketones is 1. The van der Waals surface area contributed by atoms with Gasteiger partial charge in [0.05, 0.1) is 22.8 Å². The Hall–Kier alpha value is -3.19. The van der Waals surface area contributed by atoms with Crippen molar-refractivity contribution < 1.29 is 14.7 Å². The fourth-order valence-electron chi connectivity index (χ4n) is 3.91. The summed E-state index contributed by atoms with van der Waals surface area (Å²) in [5, 5.41) is 12.5. The Morgan fingerprint density at radius 1 is 1.19 bits per heavy atom. The number of aliphatic hydroxyl groups is 1. The van der Waals surface area contributed by atoms with Crippen molar-refractivity contribution in [2.24, 2.45) is 0 Å². The molecule has 0 unspecified atom stereocenters. The monoisotopic (exact) mass is 435 g/mol. The molecule has 1 aliphatic heterocycles. The molecule has 0 aliphatic carbocycles. The molecule has 3 heterocycles. The molecule has 0 radical (unpaired) electrons. The van der Waals surface area contributed by atoms with Gasteiger partial charge in [0.15, 0.2) is 5.76 Å². The van der Waals surface area contributed by atoms with Crippen molar-refractivity contribution in [1.29, 1.82) is 0 Å². The van der Waals surface area contributed by atoms with Crippen molar-refractivity contribution in [2.45, 2.75) is 38.8 Å². The molecule has 0 spiro atoms. The number of carbonyl (C=O) groups excluding carboxylic acids is 2. The minimum atomic E-state index is -0.605. The molecule has 0 bridgehead atoms. The Morgan fingerprint density at radius 2 is 1.97 bits per heavy atom. The lowest BCUT2D eigenvalue weighted by atomic mass is 9.93. The van der Waals surface area contributed by atoms with Gasteiger partial charge in [0.1, 0.15) is 0 Å². The Bertz CT molecular complexity index is 1080. The number of Topliss-reactive ketones (excluding diaryl/α,β-unsaturated/α-hetero) is 1. The van der Waals surface area contributed by atoms with Crippen LogP contribution in [-0.2, 0) is 11.3 Å². The highest BCUT2D eigenvalue weighted by Gasteiger charge is 2.43. The maximum absolute atomic E-state index is 13.2. The molecule has 1 aliphatic rings. The number of aryl methyl sites for hydroxylation is 1. The number of rotatable bonds is 8. The largest absolute Gasteiger partial charge is 0.503 e. The first-order valence-electron chi connectivity index (χ1n) is 10.3. The SMILES string of the molecule is CC(C)c1ccc([C@H]2C(C(=O)c3cccs3)=C(O)C(=O)N2CCCn2ccnc2)cc1. The number of hydrogen-bond acceptors (Lipinski definition) is 5. The summed E-state index contributed by atoms with van der Waals surface area (Å²) in [5.41, 5.74) is 2.16. The zero-order valence-corrected chi connectivity index (χ0v) is 18.4. The van der Waals surface area contributed by atoms with E-state index in [0.29, 0.717) is 30.3 Å². The molecule has 1 amide bonds. The van der Waals surface area contributed by atoms with Crippen LogP contribution in [0.15, 0.2) is 71.8 Å². The molecule has 0 saturated carbocycles. The predicted octanol–water partition coefficient (Wildman–Crippen LogP) is 4.74. The Kier molecular flexibility index (Phi) is 6.04. The van der Waals surface area contributed by atoms with Crippen LogP contribution in [0.3, 0.4) is 0 Å². The van der Waals surface area contributed by atoms with E-state index in [1.165, 1.54) is 16.9 Å². The van der Waals surface area contributed by atoms with E-state index in [0.717, 1.165) is 5.56 Å². The van der Waals surface area contributed by atoms with Crippen LogP contribution in [0.25, 0.3) is 0 Å². The zero-order chi connectivity index (χ0) is 22.0. The van der Waals surface area contributed by atoms with Crippen LogP contribution in [0.1, 0.15) is 53.0 Å². The number of aliphatic hydroxyl groups excluding tert-OH is 1. The van der Waals surface area contributed by atoms with Gasteiger partial charge in [0.25, 0.3) is 5.91 Å². The minimum absolute atomic E-state index is 0.160. The summed E-state index contributed by atoms with van der Waals surface area (Å²) in [6.07, 6.45) is 5.99. The van der Waals surface area contributed by atoms with Crippen molar-refractivity contribution in [2.75, 3.05) is 6.54 Å². The van der Waals surface area contributed by atoms with Crippen molar-refractivity contribution in [3.05, 3.63) is 87.8 Å². The normalized spacial score (nSPS) is 16.5. The average molecular weight is 436 g/mol. The molecule has 0 fully saturated rings. The van der Waals surface area contributed by atoms with E-state index in [1.54, 1.807) is 29.6 Å². The third-order valence-corrected chi connectivity index (χ3v) is 6.46. The summed E-state index contributed by atoms with van der Waals surface area (Å²) in [6.45, 7) is 5.35. The standard InChI is InChI=1S/C24H25N3O3S/c1-16(2)17-6-8-18(9-7-17)21-20(22(28)19-5-3-14-31-19)23(29)24(30)27(21)12-4-11-26-13-10-25-15-26/h3,5-10,13-16,21,29H,4,11-12H2,1-2H3/t21-/m0/s1. The lowest BCUT2D eigenvalue weighted by Crippen LogP contribution is -2.32. The van der Waals surface area contributed by atoms with Gasteiger partial charge in [-0.3, -0.25) is 9.59 Å². The highest BCUT2D eigenvalue weighted by molar-refractivity contribution is 7.12. The van der Waals surface area contributed by atoms with E-state index >= 15 is 0 Å². The topological polar surface area (TPSA) is 75.4 Å². The van der Waals surface area contributed by atoms with Crippen LogP contribution in [0.2, 0.25) is 0 Å². The second kappa shape index (κ2) is 8.89. The maximum atomic E-state index is 13.2. The first kappa shape index (κ1) is 21.1. The Balaban J connectivity index is 1.66. The minimum Gasteiger partial charge on any atom is -0.503 e. The molecule has 160 valence electrons. The van der Waals surface area contributed by atoms with Gasteiger partial charge in [0, 0.05) is 25.5 Å². The number of hydrogen-bond donors (Lipinski definition) is 1. The van der Waals surface area contributed by atoms with Crippen LogP contribution in [0.5, 0.6) is 0 Å². The van der Waals surface area contributed by atoms with Crippen molar-refractivity contribution >= 4 is 23.0 Å². The summed E-state index contributed by atoms with van der Waals surface area (Å²) >= 11 is 1.31. The number of thiophene rings is 1. The molecule has 2 aromatic heterocycles. The molecule has 0 saturated heterocycles. The van der Waals surface area contributed by atoms with Gasteiger partial charge >= 0.3 is 0 Å². The molecule has 6 nitrogen and oxygen atoms in total. The van der Waals surface area contributed by atoms with Crippen molar-refractivity contribution in [3.8, 4) is 0 Å². The van der Waals surface area contributed by atoms with Gasteiger partial charge in [-0.1, -0.05) is 44.2 Å². The summed E-state index contributed by atoms with van der Waals surface area (Å²) in [7, 11) is 0. The Morgan fingerprint density at radius 3 is 2.58 bits per heavy atom. The zero-order valence-electron chi connectivity index (χ0n) is 17.6. The predicted molar refractivity (Wildman–Crippen MR) is 120 cm³/mol. The molecule has 3 aromatic rings. The number of aromatic nitrogens is 2. The van der Waals surface area contributed by atoms with Gasteiger partial charge < -0.3 is 14.6 Å². The number of benzene rings is 1. The van der Waals surface area contributed by atoms with Gasteiger partial charge in [0.2, 0.25) is 5.78 Å². The molecule has 4 rings (SSSR count). The van der Waals surface area contributed by atoms with Gasteiger partial charge in [-0.15, -0.1) is 11.3 Å². The first-order chi connectivity index (χ1) is 15.0. The lowest BCUT2D eigenvalue weighted by Gasteiger charge is -2.27. The van der Waals surface area contributed by atoms with Crippen molar-refractivity contribution in [1.82, 2.24) is 14.5 Å². The van der Waals surface area contributed by atoms with Crippen LogP contribution >= 0.6 is 11.3 Å². The third kappa shape index (κ3) is 4.18. The maximum Gasteiger partial charge on any atom is 0.290 e. The third-order valence-electron chi connectivity index (χ3n) is 5.59. The van der Waals surface area contributed by atoms with E-state index in [-0.39, 0.29) is 11.4 Å². The molecule has 31 heavy (non-hydrogen) atoms. The highest BCUT2D eigenvalue weighted by atomic mass is 32.1. The van der Waals surface area contributed by atoms with E-state index in [4.69, 9.17) is 0 Å². The fourth-order valence-corrected chi connectivity index (χ4v) is 4.59. The second-order valence-electron chi connectivity index (χ2n) is 7.95. The van der Waals surface area contributed by atoms with E-state index in [9.17, 15) is 14.7 Å². The molecule has 1 aromatic carbocycles. The fraction of sp³-hybridized carbons (Fsp3) is 0.292. The molecular weight excluding hydrogens is 410 g/mol. The van der Waals surface area contributed by atoms with E-state index in [2.05, 4.69) is 18.8 Å². The summed E-state index contributed by atoms with van der Waals surface area (Å²) in [4.78, 5) is 32.4. The molecule has 7 heteroatoms. The van der Waals surface area contributed by atoms with Crippen LogP contribution < -0.4 is 0 Å². The number of imidazole rings is 1. The van der Waals surface area contributed by atoms with Gasteiger partial charge in [-0.25, -0.2) is 4.98 Å². The van der Waals surface area contributed by atoms with Crippen LogP contribution in [0, 0.1) is 0 Å². The van der Waals surface area contributed by atoms with Crippen LogP contribution in [0.4, 0.5) is 0 Å². The number of amides is 1. The first-order valence-corrected chi connectivity index (χ1v) is 11.2. The quantitative estimate of drug-likeness (QED) is 0.519. The lowest BCUT2D eigenvalue weighted by molar-refractivity contribution is -0.129. The summed E-state index contributed by atoms with van der Waals surface area (Å²) < 4.78 is 1.94. The number of carbonyl (C=O) groups is 2. The van der Waals surface area contributed by atoms with Gasteiger partial charge in [-0.05, 0) is 34.9 Å². The summed E-state index contributed by atoms with van der Waals surface area (Å²) in [6, 6.07) is 10.9. The molecule has 1 N–H and O–H groups in total. The Labute approximate surface area is 185 Å². The van der Waals surface area contributed by atoms with Gasteiger partial charge in [-0.2, -0.15) is 0 Å². The smallest absolute Gasteiger partial charge is 0.290 e. The second-order valence-corrected chi connectivity index (χ2v) is 8.89. The summed E-state index contributed by atoms with van der Waals surface area (Å²) in [5.74, 6) is -0.861.